The van der Waals surface area contributed by atoms with Crippen molar-refractivity contribution in [1.29, 1.82) is 0 Å². The molecule has 0 amide bonds. The van der Waals surface area contributed by atoms with Crippen molar-refractivity contribution < 1.29 is 13.2 Å². The Balaban J connectivity index is 2.40. The first-order valence-electron chi connectivity index (χ1n) is 4.16. The number of hydrogen-bond acceptors (Lipinski definition) is 1. The molecule has 4 heteroatoms. The molecular formula is C8H14F3N. The zero-order chi connectivity index (χ0) is 9.41. The summed E-state index contributed by atoms with van der Waals surface area (Å²) in [6, 6.07) is -1.64. The number of rotatable bonds is 2. The van der Waals surface area contributed by atoms with Crippen molar-refractivity contribution >= 4 is 0 Å². The van der Waals surface area contributed by atoms with Crippen LogP contribution in [-0.4, -0.2) is 12.2 Å². The monoisotopic (exact) mass is 181 g/mol. The van der Waals surface area contributed by atoms with E-state index in [1.807, 2.05) is 6.92 Å². The minimum absolute atomic E-state index is 0.0799. The first-order chi connectivity index (χ1) is 5.33. The van der Waals surface area contributed by atoms with Crippen LogP contribution in [0.4, 0.5) is 13.2 Å². The fourth-order valence-corrected chi connectivity index (χ4v) is 1.63. The van der Waals surface area contributed by atoms with Crippen LogP contribution in [0.3, 0.4) is 0 Å². The normalized spacial score (nSPS) is 24.8. The smallest absolute Gasteiger partial charge is 0.320 e. The van der Waals surface area contributed by atoms with Gasteiger partial charge < -0.3 is 5.73 Å². The van der Waals surface area contributed by atoms with Gasteiger partial charge in [0.2, 0.25) is 0 Å². The van der Waals surface area contributed by atoms with Crippen molar-refractivity contribution in [2.45, 2.75) is 44.8 Å². The van der Waals surface area contributed by atoms with E-state index in [9.17, 15) is 13.2 Å². The van der Waals surface area contributed by atoms with E-state index < -0.39 is 12.2 Å². The Morgan fingerprint density at radius 3 is 2.17 bits per heavy atom. The number of halogens is 3. The highest BCUT2D eigenvalue weighted by Crippen LogP contribution is 2.45. The lowest BCUT2D eigenvalue weighted by molar-refractivity contribution is -0.157. The largest absolute Gasteiger partial charge is 0.403 e. The molecule has 1 unspecified atom stereocenters. The molecule has 0 aromatic rings. The second-order valence-electron chi connectivity index (χ2n) is 4.02. The van der Waals surface area contributed by atoms with Crippen LogP contribution < -0.4 is 5.73 Å². The minimum atomic E-state index is -4.22. The molecule has 0 aromatic heterocycles. The standard InChI is InChI=1S/C8H14F3N/c1-7(3-2-4-7)5-6(12)8(9,10)11/h6H,2-5,12H2,1H3. The van der Waals surface area contributed by atoms with Crippen molar-refractivity contribution in [2.75, 3.05) is 0 Å². The van der Waals surface area contributed by atoms with Crippen LogP contribution in [-0.2, 0) is 0 Å². The molecule has 1 aliphatic rings. The summed E-state index contributed by atoms with van der Waals surface area (Å²) in [5.74, 6) is 0. The number of hydrogen-bond donors (Lipinski definition) is 1. The SMILES string of the molecule is CC1(CC(N)C(F)(F)F)CCC1. The summed E-state index contributed by atoms with van der Waals surface area (Å²) < 4.78 is 36.0. The van der Waals surface area contributed by atoms with E-state index in [0.717, 1.165) is 19.3 Å². The van der Waals surface area contributed by atoms with Gasteiger partial charge >= 0.3 is 6.18 Å². The van der Waals surface area contributed by atoms with Gasteiger partial charge in [0.1, 0.15) is 6.04 Å². The minimum Gasteiger partial charge on any atom is -0.320 e. The predicted octanol–water partition coefficient (Wildman–Crippen LogP) is 2.46. The average Bonchev–Trinajstić information content (AvgIpc) is 1.82. The number of nitrogens with two attached hydrogens (primary N) is 1. The summed E-state index contributed by atoms with van der Waals surface area (Å²) in [5, 5.41) is 0. The summed E-state index contributed by atoms with van der Waals surface area (Å²) in [7, 11) is 0. The predicted molar refractivity (Wildman–Crippen MR) is 40.6 cm³/mol. The molecule has 1 saturated carbocycles. The Labute approximate surface area is 70.1 Å². The van der Waals surface area contributed by atoms with E-state index in [2.05, 4.69) is 0 Å². The molecule has 0 saturated heterocycles. The van der Waals surface area contributed by atoms with E-state index in [1.165, 1.54) is 0 Å². The molecule has 1 nitrogen and oxygen atoms in total. The Bertz CT molecular complexity index is 160. The van der Waals surface area contributed by atoms with Crippen molar-refractivity contribution in [1.82, 2.24) is 0 Å². The van der Waals surface area contributed by atoms with Gasteiger partial charge in [-0.1, -0.05) is 13.3 Å². The molecule has 12 heavy (non-hydrogen) atoms. The van der Waals surface area contributed by atoms with E-state index in [4.69, 9.17) is 5.73 Å². The van der Waals surface area contributed by atoms with E-state index in [-0.39, 0.29) is 11.8 Å². The highest BCUT2D eigenvalue weighted by molar-refractivity contribution is 4.88. The average molecular weight is 181 g/mol. The maximum Gasteiger partial charge on any atom is 0.403 e. The summed E-state index contributed by atoms with van der Waals surface area (Å²) in [6.45, 7) is 1.88. The zero-order valence-corrected chi connectivity index (χ0v) is 7.12. The molecule has 0 bridgehead atoms. The third-order valence-electron chi connectivity index (χ3n) is 2.69. The van der Waals surface area contributed by atoms with Gasteiger partial charge in [-0.3, -0.25) is 0 Å². The van der Waals surface area contributed by atoms with E-state index in [1.54, 1.807) is 0 Å². The van der Waals surface area contributed by atoms with Gasteiger partial charge in [0.05, 0.1) is 0 Å². The maximum atomic E-state index is 12.0. The van der Waals surface area contributed by atoms with Crippen LogP contribution in [0.15, 0.2) is 0 Å². The first-order valence-corrected chi connectivity index (χ1v) is 4.16. The lowest BCUT2D eigenvalue weighted by Crippen LogP contribution is -2.43. The molecule has 1 fully saturated rings. The molecule has 1 aliphatic carbocycles. The molecule has 0 aliphatic heterocycles. The Hall–Kier alpha value is -0.250. The lowest BCUT2D eigenvalue weighted by Gasteiger charge is -2.40. The summed E-state index contributed by atoms with van der Waals surface area (Å²) in [5.41, 5.74) is 4.88. The molecule has 2 N–H and O–H groups in total. The molecule has 0 radical (unpaired) electrons. The summed E-state index contributed by atoms with van der Waals surface area (Å²) in [6.07, 6.45) is -1.33. The maximum absolute atomic E-state index is 12.0. The fourth-order valence-electron chi connectivity index (χ4n) is 1.63. The van der Waals surface area contributed by atoms with Gasteiger partial charge in [0.15, 0.2) is 0 Å². The van der Waals surface area contributed by atoms with Gasteiger partial charge in [-0.15, -0.1) is 0 Å². The highest BCUT2D eigenvalue weighted by Gasteiger charge is 2.43. The fraction of sp³-hybridized carbons (Fsp3) is 1.00. The van der Waals surface area contributed by atoms with E-state index >= 15 is 0 Å². The van der Waals surface area contributed by atoms with Crippen LogP contribution in [0.25, 0.3) is 0 Å². The topological polar surface area (TPSA) is 26.0 Å². The van der Waals surface area contributed by atoms with Gasteiger partial charge in [-0.05, 0) is 24.7 Å². The van der Waals surface area contributed by atoms with Gasteiger partial charge in [-0.2, -0.15) is 13.2 Å². The van der Waals surface area contributed by atoms with Crippen LogP contribution in [0.1, 0.15) is 32.6 Å². The van der Waals surface area contributed by atoms with E-state index in [0.29, 0.717) is 0 Å². The van der Waals surface area contributed by atoms with Gasteiger partial charge in [-0.25, -0.2) is 0 Å². The van der Waals surface area contributed by atoms with Crippen LogP contribution in [0.2, 0.25) is 0 Å². The quantitative estimate of drug-likeness (QED) is 0.695. The Kier molecular flexibility index (Phi) is 2.38. The second kappa shape index (κ2) is 2.91. The summed E-state index contributed by atoms with van der Waals surface area (Å²) in [4.78, 5) is 0. The van der Waals surface area contributed by atoms with Gasteiger partial charge in [0, 0.05) is 0 Å². The Morgan fingerprint density at radius 1 is 1.42 bits per heavy atom. The third-order valence-corrected chi connectivity index (χ3v) is 2.69. The molecule has 1 atom stereocenters. The molecule has 0 aromatic carbocycles. The molecule has 1 rings (SSSR count). The molecule has 72 valence electrons. The van der Waals surface area contributed by atoms with Crippen molar-refractivity contribution in [3.05, 3.63) is 0 Å². The zero-order valence-electron chi connectivity index (χ0n) is 7.12. The van der Waals surface area contributed by atoms with Gasteiger partial charge in [0.25, 0.3) is 0 Å². The lowest BCUT2D eigenvalue weighted by atomic mass is 9.67. The van der Waals surface area contributed by atoms with Crippen molar-refractivity contribution in [2.24, 2.45) is 11.1 Å². The van der Waals surface area contributed by atoms with Crippen LogP contribution in [0.5, 0.6) is 0 Å². The third kappa shape index (κ3) is 2.12. The molecule has 0 spiro atoms. The molecule has 0 heterocycles. The Morgan fingerprint density at radius 2 is 1.92 bits per heavy atom. The van der Waals surface area contributed by atoms with Crippen LogP contribution >= 0.6 is 0 Å². The second-order valence-corrected chi connectivity index (χ2v) is 4.02. The summed E-state index contributed by atoms with van der Waals surface area (Å²) >= 11 is 0. The van der Waals surface area contributed by atoms with Crippen molar-refractivity contribution in [3.8, 4) is 0 Å². The van der Waals surface area contributed by atoms with Crippen molar-refractivity contribution in [3.63, 3.8) is 0 Å². The van der Waals surface area contributed by atoms with Crippen LogP contribution in [0, 0.1) is 5.41 Å². The molecular weight excluding hydrogens is 167 g/mol. The highest BCUT2D eigenvalue weighted by atomic mass is 19.4. The first kappa shape index (κ1) is 9.84. The number of alkyl halides is 3.